The van der Waals surface area contributed by atoms with Crippen molar-refractivity contribution in [2.75, 3.05) is 50.7 Å². The summed E-state index contributed by atoms with van der Waals surface area (Å²) in [7, 11) is -3.80. The summed E-state index contributed by atoms with van der Waals surface area (Å²) in [6, 6.07) is 3.63. The van der Waals surface area contributed by atoms with Crippen molar-refractivity contribution in [1.82, 2.24) is 33.6 Å². The van der Waals surface area contributed by atoms with E-state index in [9.17, 15) is 17.6 Å². The summed E-state index contributed by atoms with van der Waals surface area (Å²) >= 11 is 0. The van der Waals surface area contributed by atoms with E-state index in [1.54, 1.807) is 11.0 Å². The second kappa shape index (κ2) is 14.3. The van der Waals surface area contributed by atoms with Crippen molar-refractivity contribution in [2.24, 2.45) is 10.4 Å². The average molecular weight is 714 g/mol. The predicted octanol–water partition coefficient (Wildman–Crippen LogP) is 4.38. The van der Waals surface area contributed by atoms with Gasteiger partial charge in [0.1, 0.15) is 23.6 Å². The molecule has 4 aliphatic heterocycles. The Labute approximate surface area is 292 Å². The van der Waals surface area contributed by atoms with E-state index >= 15 is 4.39 Å². The normalized spacial score (nSPS) is 20.7. The summed E-state index contributed by atoms with van der Waals surface area (Å²) < 4.78 is 65.1. The van der Waals surface area contributed by atoms with Crippen LogP contribution in [0.15, 0.2) is 54.2 Å². The molecule has 13 nitrogen and oxygen atoms in total. The van der Waals surface area contributed by atoms with Gasteiger partial charge in [-0.05, 0) is 90.7 Å². The van der Waals surface area contributed by atoms with Crippen LogP contribution in [-0.2, 0) is 10.2 Å². The summed E-state index contributed by atoms with van der Waals surface area (Å²) in [6.07, 6.45) is 10.6. The molecule has 6 rings (SSSR count). The molecule has 50 heavy (non-hydrogen) atoms. The number of ether oxygens (including phenoxy) is 1. The monoisotopic (exact) mass is 713 g/mol. The molecule has 0 N–H and O–H groups in total. The molecular formula is C34H45F2N9O4S. The maximum absolute atomic E-state index is 16.0. The quantitative estimate of drug-likeness (QED) is 0.353. The topological polar surface area (TPSA) is 128 Å². The van der Waals surface area contributed by atoms with Gasteiger partial charge in [0.05, 0.1) is 5.56 Å². The molecule has 1 spiro atoms. The van der Waals surface area contributed by atoms with Crippen LogP contribution in [0.4, 0.5) is 14.6 Å². The van der Waals surface area contributed by atoms with E-state index in [0.717, 1.165) is 30.2 Å². The van der Waals surface area contributed by atoms with E-state index in [2.05, 4.69) is 30.0 Å². The predicted molar refractivity (Wildman–Crippen MR) is 185 cm³/mol. The molecule has 2 aromatic rings. The third kappa shape index (κ3) is 7.51. The Balaban J connectivity index is 1.04. The minimum atomic E-state index is -3.80. The highest BCUT2D eigenvalue weighted by atomic mass is 32.2. The number of rotatable bonds is 10. The lowest BCUT2D eigenvalue weighted by Gasteiger charge is -2.55. The number of likely N-dealkylation sites (tertiary alicyclic amines) is 1. The molecule has 3 fully saturated rings. The van der Waals surface area contributed by atoms with Gasteiger partial charge in [-0.25, -0.2) is 18.1 Å². The minimum absolute atomic E-state index is 0.0313. The number of hydrogen-bond donors (Lipinski definition) is 0. The van der Waals surface area contributed by atoms with Crippen molar-refractivity contribution in [2.45, 2.75) is 71.1 Å². The van der Waals surface area contributed by atoms with Gasteiger partial charge in [0, 0.05) is 75.0 Å². The number of aromatic nitrogens is 3. The molecule has 5 heterocycles. The van der Waals surface area contributed by atoms with Crippen LogP contribution in [0.2, 0.25) is 0 Å². The molecule has 1 aromatic heterocycles. The molecule has 0 radical (unpaired) electrons. The fraction of sp³-hybridized carbons (Fsp3) is 0.559. The van der Waals surface area contributed by atoms with Gasteiger partial charge >= 0.3 is 10.2 Å². The number of carbonyl (C=O) groups is 1. The van der Waals surface area contributed by atoms with E-state index in [1.807, 2.05) is 27.7 Å². The lowest BCUT2D eigenvalue weighted by molar-refractivity contribution is 0.00846. The van der Waals surface area contributed by atoms with E-state index < -0.39 is 21.7 Å². The van der Waals surface area contributed by atoms with Crippen LogP contribution < -0.4 is 9.64 Å². The van der Waals surface area contributed by atoms with Crippen LogP contribution in [0.25, 0.3) is 0 Å². The Kier molecular flexibility index (Phi) is 10.2. The fourth-order valence-corrected chi connectivity index (χ4v) is 8.71. The number of amides is 1. The van der Waals surface area contributed by atoms with Gasteiger partial charge in [-0.15, -0.1) is 10.2 Å². The summed E-state index contributed by atoms with van der Waals surface area (Å²) in [5, 5.41) is 8.10. The highest BCUT2D eigenvalue weighted by Crippen LogP contribution is 2.45. The van der Waals surface area contributed by atoms with Crippen molar-refractivity contribution >= 4 is 28.1 Å². The SMILES string of the molecule is CC(C)N(C(=O)c1cc(F)ccc1Oc1nncnc1N1CC2(CCN(CC3(F)CCN(S(=O)(=O)N4C=CC=NC=C4)CC3)CC2)C1)C(C)C. The van der Waals surface area contributed by atoms with Gasteiger partial charge in [-0.1, -0.05) is 0 Å². The van der Waals surface area contributed by atoms with Crippen LogP contribution in [0, 0.1) is 11.2 Å². The Morgan fingerprint density at radius 2 is 1.72 bits per heavy atom. The van der Waals surface area contributed by atoms with Crippen LogP contribution in [0.3, 0.4) is 0 Å². The highest BCUT2D eigenvalue weighted by molar-refractivity contribution is 7.87. The molecule has 270 valence electrons. The first-order valence-electron chi connectivity index (χ1n) is 17.1. The second-order valence-corrected chi connectivity index (χ2v) is 16.0. The molecule has 4 aliphatic rings. The van der Waals surface area contributed by atoms with Gasteiger partial charge in [0.25, 0.3) is 11.8 Å². The van der Waals surface area contributed by atoms with Crippen molar-refractivity contribution < 1.29 is 26.7 Å². The van der Waals surface area contributed by atoms with Crippen LogP contribution in [0.5, 0.6) is 11.6 Å². The summed E-state index contributed by atoms with van der Waals surface area (Å²) in [5.74, 6) is -0.105. The van der Waals surface area contributed by atoms with Crippen LogP contribution >= 0.6 is 0 Å². The molecule has 3 saturated heterocycles. The maximum Gasteiger partial charge on any atom is 0.307 e. The summed E-state index contributed by atoms with van der Waals surface area (Å²) in [6.45, 7) is 11.0. The molecule has 0 aliphatic carbocycles. The fourth-order valence-electron chi connectivity index (χ4n) is 7.36. The van der Waals surface area contributed by atoms with Gasteiger partial charge in [-0.3, -0.25) is 9.79 Å². The maximum atomic E-state index is 16.0. The van der Waals surface area contributed by atoms with Gasteiger partial charge in [-0.2, -0.15) is 12.7 Å². The van der Waals surface area contributed by atoms with E-state index in [1.165, 1.54) is 53.6 Å². The van der Waals surface area contributed by atoms with Gasteiger partial charge in [0.15, 0.2) is 5.82 Å². The number of halogens is 2. The standard InChI is InChI=1S/C34H45F2N9O4S/c1-25(2)45(26(3)4)32(46)28-20-27(35)6-7-29(28)49-31-30(38-24-39-40-31)42-21-33(22-42)8-15-41(16-9-33)23-34(36)10-17-44(18-11-34)50(47,48)43-14-5-12-37-13-19-43/h5-7,12-14,19-20,24-26H,8-11,15-18,21-23H2,1-4H3. The summed E-state index contributed by atoms with van der Waals surface area (Å²) in [4.78, 5) is 27.8. The number of aliphatic imine (C=N–C) groups is 1. The number of piperidine rings is 2. The third-order valence-corrected chi connectivity index (χ3v) is 11.8. The second-order valence-electron chi connectivity index (χ2n) is 14.2. The first kappa shape index (κ1) is 35.8. The largest absolute Gasteiger partial charge is 0.434 e. The number of allylic oxidation sites excluding steroid dienone is 1. The lowest BCUT2D eigenvalue weighted by Crippen LogP contribution is -2.61. The van der Waals surface area contributed by atoms with Crippen molar-refractivity contribution in [1.29, 1.82) is 0 Å². The van der Waals surface area contributed by atoms with Crippen LogP contribution in [-0.4, -0.2) is 118 Å². The molecule has 1 amide bonds. The summed E-state index contributed by atoms with van der Waals surface area (Å²) in [5.41, 5.74) is -1.34. The number of hydrogen-bond acceptors (Lipinski definition) is 10. The zero-order valence-corrected chi connectivity index (χ0v) is 29.8. The molecule has 0 unspecified atom stereocenters. The molecule has 0 atom stereocenters. The minimum Gasteiger partial charge on any atom is -0.434 e. The Bertz CT molecular complexity index is 1720. The number of alkyl halides is 1. The van der Waals surface area contributed by atoms with Gasteiger partial charge < -0.3 is 19.4 Å². The first-order chi connectivity index (χ1) is 23.8. The zero-order valence-electron chi connectivity index (χ0n) is 29.0. The number of benzene rings is 1. The third-order valence-electron chi connectivity index (χ3n) is 9.99. The molecule has 0 saturated carbocycles. The zero-order chi connectivity index (χ0) is 35.7. The Hall–Kier alpha value is -4.02. The highest BCUT2D eigenvalue weighted by Gasteiger charge is 2.48. The number of carbonyl (C=O) groups excluding carboxylic acids is 1. The van der Waals surface area contributed by atoms with Crippen molar-refractivity contribution in [3.8, 4) is 11.6 Å². The Morgan fingerprint density at radius 1 is 1.02 bits per heavy atom. The first-order valence-corrected chi connectivity index (χ1v) is 18.5. The Morgan fingerprint density at radius 3 is 2.40 bits per heavy atom. The van der Waals surface area contributed by atoms with E-state index in [4.69, 9.17) is 4.74 Å². The van der Waals surface area contributed by atoms with E-state index in [-0.39, 0.29) is 73.1 Å². The lowest BCUT2D eigenvalue weighted by atomic mass is 9.72. The van der Waals surface area contributed by atoms with Crippen LogP contribution in [0.1, 0.15) is 63.7 Å². The average Bonchev–Trinajstić information content (AvgIpc) is 3.36. The number of nitrogens with zero attached hydrogens (tertiary/aromatic N) is 9. The van der Waals surface area contributed by atoms with Gasteiger partial charge in [0.2, 0.25) is 0 Å². The molecule has 0 bridgehead atoms. The smallest absolute Gasteiger partial charge is 0.307 e. The molecule has 16 heteroatoms. The van der Waals surface area contributed by atoms with E-state index in [0.29, 0.717) is 18.9 Å². The number of anilines is 1. The molecular weight excluding hydrogens is 668 g/mol. The molecule has 1 aromatic carbocycles. The van der Waals surface area contributed by atoms with Crippen molar-refractivity contribution in [3.63, 3.8) is 0 Å². The van der Waals surface area contributed by atoms with Crippen molar-refractivity contribution in [3.05, 3.63) is 60.6 Å².